The molecular weight excluding hydrogens is 452 g/mol. The molecule has 168 valence electrons. The summed E-state index contributed by atoms with van der Waals surface area (Å²) < 4.78 is 2.68. The Bertz CT molecular complexity index is 2090. The summed E-state index contributed by atoms with van der Waals surface area (Å²) in [5, 5.41) is 10.8. The van der Waals surface area contributed by atoms with Crippen LogP contribution in [0.15, 0.2) is 115 Å². The van der Waals surface area contributed by atoms with E-state index < -0.39 is 0 Å². The van der Waals surface area contributed by atoms with Gasteiger partial charge in [-0.2, -0.15) is 0 Å². The van der Waals surface area contributed by atoms with Crippen molar-refractivity contribution in [2.75, 3.05) is 0 Å². The summed E-state index contributed by atoms with van der Waals surface area (Å²) in [5.41, 5.74) is 6.45. The van der Waals surface area contributed by atoms with Crippen molar-refractivity contribution in [2.24, 2.45) is 0 Å². The Labute approximate surface area is 213 Å². The number of benzene rings is 7. The molecule has 7 aromatic carbocycles. The van der Waals surface area contributed by atoms with E-state index in [-0.39, 0.29) is 0 Å². The van der Waals surface area contributed by atoms with Gasteiger partial charge in [-0.1, -0.05) is 91.0 Å². The molecule has 0 radical (unpaired) electrons. The predicted molar refractivity (Wildman–Crippen MR) is 159 cm³/mol. The maximum absolute atomic E-state index is 2.40. The highest BCUT2D eigenvalue weighted by Crippen LogP contribution is 2.42. The molecular formula is C35H22S. The molecule has 8 aromatic rings. The highest BCUT2D eigenvalue weighted by Gasteiger charge is 2.14. The first-order valence-corrected chi connectivity index (χ1v) is 13.3. The zero-order valence-corrected chi connectivity index (χ0v) is 20.7. The minimum Gasteiger partial charge on any atom is -0.135 e. The first-order chi connectivity index (χ1) is 17.7. The molecule has 0 fully saturated rings. The molecule has 0 unspecified atom stereocenters. The van der Waals surface area contributed by atoms with Crippen molar-refractivity contribution in [2.45, 2.75) is 6.92 Å². The van der Waals surface area contributed by atoms with E-state index in [0.717, 1.165) is 0 Å². The number of fused-ring (bicyclic) bond motifs is 3. The summed E-state index contributed by atoms with van der Waals surface area (Å²) in [6.07, 6.45) is 0. The zero-order valence-electron chi connectivity index (χ0n) is 19.9. The average molecular weight is 475 g/mol. The van der Waals surface area contributed by atoms with Gasteiger partial charge < -0.3 is 0 Å². The second-order valence-corrected chi connectivity index (χ2v) is 10.9. The van der Waals surface area contributed by atoms with Crippen molar-refractivity contribution in [1.82, 2.24) is 0 Å². The maximum Gasteiger partial charge on any atom is 0.0355 e. The van der Waals surface area contributed by atoms with E-state index >= 15 is 0 Å². The largest absolute Gasteiger partial charge is 0.135 e. The SMILES string of the molecule is Cc1ccc2ccc3c(-c4ccc5sc6ccc(-c7ccccc7)cc6c5c4)ccc4ccc1c2c43. The van der Waals surface area contributed by atoms with Crippen LogP contribution in [-0.4, -0.2) is 0 Å². The van der Waals surface area contributed by atoms with Gasteiger partial charge in [-0.15, -0.1) is 11.3 Å². The van der Waals surface area contributed by atoms with Gasteiger partial charge in [0.15, 0.2) is 0 Å². The molecule has 1 heteroatoms. The second-order valence-electron chi connectivity index (χ2n) is 9.81. The van der Waals surface area contributed by atoms with E-state index in [1.165, 1.54) is 80.3 Å². The van der Waals surface area contributed by atoms with Gasteiger partial charge in [0.05, 0.1) is 0 Å². The molecule has 36 heavy (non-hydrogen) atoms. The van der Waals surface area contributed by atoms with Gasteiger partial charge in [0, 0.05) is 20.2 Å². The van der Waals surface area contributed by atoms with Crippen LogP contribution in [0.25, 0.3) is 74.7 Å². The van der Waals surface area contributed by atoms with Crippen molar-refractivity contribution in [1.29, 1.82) is 0 Å². The monoisotopic (exact) mass is 474 g/mol. The third-order valence-electron chi connectivity index (χ3n) is 7.77. The van der Waals surface area contributed by atoms with Crippen LogP contribution in [0, 0.1) is 6.92 Å². The summed E-state index contributed by atoms with van der Waals surface area (Å²) in [6.45, 7) is 2.21. The van der Waals surface area contributed by atoms with Crippen LogP contribution in [0.3, 0.4) is 0 Å². The number of aryl methyl sites for hydroxylation is 1. The molecule has 0 saturated heterocycles. The predicted octanol–water partition coefficient (Wildman–Crippen LogP) is 10.6. The van der Waals surface area contributed by atoms with Gasteiger partial charge in [-0.05, 0) is 91.3 Å². The number of hydrogen-bond donors (Lipinski definition) is 0. The lowest BCUT2D eigenvalue weighted by Crippen LogP contribution is -1.88. The highest BCUT2D eigenvalue weighted by atomic mass is 32.1. The third-order valence-corrected chi connectivity index (χ3v) is 8.92. The fourth-order valence-corrected chi connectivity index (χ4v) is 7.02. The van der Waals surface area contributed by atoms with Crippen molar-refractivity contribution < 1.29 is 0 Å². The minimum atomic E-state index is 1.26. The quantitative estimate of drug-likeness (QED) is 0.219. The number of thiophene rings is 1. The normalized spacial score (nSPS) is 12.0. The van der Waals surface area contributed by atoms with Crippen LogP contribution in [0.4, 0.5) is 0 Å². The topological polar surface area (TPSA) is 0 Å². The van der Waals surface area contributed by atoms with Crippen LogP contribution in [0.1, 0.15) is 5.56 Å². The molecule has 1 aromatic heterocycles. The van der Waals surface area contributed by atoms with Gasteiger partial charge in [0.2, 0.25) is 0 Å². The van der Waals surface area contributed by atoms with Crippen LogP contribution in [0.2, 0.25) is 0 Å². The third kappa shape index (κ3) is 2.81. The van der Waals surface area contributed by atoms with E-state index in [9.17, 15) is 0 Å². The Morgan fingerprint density at radius 2 is 1.06 bits per heavy atom. The van der Waals surface area contributed by atoms with E-state index in [1.54, 1.807) is 0 Å². The Hall–Kier alpha value is -4.20. The fourth-order valence-electron chi connectivity index (χ4n) is 5.95. The molecule has 0 amide bonds. The summed E-state index contributed by atoms with van der Waals surface area (Å²) in [7, 11) is 0. The molecule has 0 aliphatic carbocycles. The summed E-state index contributed by atoms with van der Waals surface area (Å²) in [4.78, 5) is 0. The molecule has 8 rings (SSSR count). The lowest BCUT2D eigenvalue weighted by atomic mass is 9.88. The molecule has 0 aliphatic heterocycles. The average Bonchev–Trinajstić information content (AvgIpc) is 3.30. The van der Waals surface area contributed by atoms with Gasteiger partial charge in [0.25, 0.3) is 0 Å². The zero-order chi connectivity index (χ0) is 23.8. The van der Waals surface area contributed by atoms with Crippen molar-refractivity contribution in [3.05, 3.63) is 121 Å². The smallest absolute Gasteiger partial charge is 0.0355 e. The Kier molecular flexibility index (Phi) is 4.12. The van der Waals surface area contributed by atoms with E-state index in [1.807, 2.05) is 11.3 Å². The van der Waals surface area contributed by atoms with Crippen molar-refractivity contribution in [3.8, 4) is 22.3 Å². The van der Waals surface area contributed by atoms with Gasteiger partial charge in [-0.3, -0.25) is 0 Å². The van der Waals surface area contributed by atoms with Crippen LogP contribution >= 0.6 is 11.3 Å². The van der Waals surface area contributed by atoms with E-state index in [2.05, 4.69) is 122 Å². The summed E-state index contributed by atoms with van der Waals surface area (Å²) in [6, 6.07) is 42.8. The number of rotatable bonds is 2. The molecule has 1 heterocycles. The van der Waals surface area contributed by atoms with Crippen LogP contribution < -0.4 is 0 Å². The molecule has 0 aliphatic rings. The molecule has 0 atom stereocenters. The number of hydrogen-bond acceptors (Lipinski definition) is 1. The highest BCUT2D eigenvalue weighted by molar-refractivity contribution is 7.25. The molecule has 0 nitrogen and oxygen atoms in total. The second kappa shape index (κ2) is 7.40. The van der Waals surface area contributed by atoms with E-state index in [4.69, 9.17) is 0 Å². The van der Waals surface area contributed by atoms with Gasteiger partial charge in [0.1, 0.15) is 0 Å². The van der Waals surface area contributed by atoms with Gasteiger partial charge in [-0.25, -0.2) is 0 Å². The minimum absolute atomic E-state index is 1.26. The molecule has 0 saturated carbocycles. The Morgan fingerprint density at radius 1 is 0.444 bits per heavy atom. The van der Waals surface area contributed by atoms with Crippen molar-refractivity contribution in [3.63, 3.8) is 0 Å². The Morgan fingerprint density at radius 3 is 1.83 bits per heavy atom. The standard InChI is InChI=1S/C35H22S/c1-21-7-8-23-11-16-29-28(15-10-24-9-14-27(21)34(23)35(24)29)26-13-18-33-31(20-26)30-19-25(12-17-32(30)36-33)22-5-3-2-4-6-22/h2-20H,1H3. The van der Waals surface area contributed by atoms with Crippen molar-refractivity contribution >= 4 is 63.8 Å². The Balaban J connectivity index is 1.39. The first-order valence-electron chi connectivity index (χ1n) is 12.4. The lowest BCUT2D eigenvalue weighted by molar-refractivity contribution is 1.55. The van der Waals surface area contributed by atoms with Gasteiger partial charge >= 0.3 is 0 Å². The van der Waals surface area contributed by atoms with E-state index in [0.29, 0.717) is 0 Å². The first kappa shape index (κ1) is 20.0. The molecule has 0 bridgehead atoms. The molecule has 0 N–H and O–H groups in total. The van der Waals surface area contributed by atoms with Crippen LogP contribution in [0.5, 0.6) is 0 Å². The molecule has 0 spiro atoms. The summed E-state index contributed by atoms with van der Waals surface area (Å²) >= 11 is 1.88. The fraction of sp³-hybridized carbons (Fsp3) is 0.0286. The van der Waals surface area contributed by atoms with Crippen LogP contribution in [-0.2, 0) is 0 Å². The maximum atomic E-state index is 2.40. The summed E-state index contributed by atoms with van der Waals surface area (Å²) in [5.74, 6) is 0. The lowest BCUT2D eigenvalue weighted by Gasteiger charge is -2.15.